The molecule has 0 amide bonds. The summed E-state index contributed by atoms with van der Waals surface area (Å²) in [7, 11) is 0. The first-order valence-corrected chi connectivity index (χ1v) is 9.55. The van der Waals surface area contributed by atoms with Gasteiger partial charge in [-0.05, 0) is 69.8 Å². The van der Waals surface area contributed by atoms with Crippen molar-refractivity contribution < 1.29 is 9.13 Å². The molecule has 1 saturated heterocycles. The average molecular weight is 355 g/mol. The molecule has 1 N–H and O–H groups in total. The van der Waals surface area contributed by atoms with Crippen molar-refractivity contribution in [2.75, 3.05) is 13.2 Å². The average Bonchev–Trinajstić information content (AvgIpc) is 2.60. The molecule has 1 unspecified atom stereocenters. The Hall–Kier alpha value is -1.71. The fourth-order valence-corrected chi connectivity index (χ4v) is 4.15. The second-order valence-electron chi connectivity index (χ2n) is 8.23. The van der Waals surface area contributed by atoms with Gasteiger partial charge >= 0.3 is 0 Å². The molecule has 140 valence electrons. The summed E-state index contributed by atoms with van der Waals surface area (Å²) in [5.74, 6) is -0.184. The van der Waals surface area contributed by atoms with Crippen LogP contribution in [-0.4, -0.2) is 18.8 Å². The lowest BCUT2D eigenvalue weighted by molar-refractivity contribution is -0.0840. The van der Waals surface area contributed by atoms with Crippen LogP contribution in [0.5, 0.6) is 0 Å². The Morgan fingerprint density at radius 3 is 2.38 bits per heavy atom. The molecule has 1 atom stereocenters. The van der Waals surface area contributed by atoms with Crippen molar-refractivity contribution in [1.29, 1.82) is 0 Å². The Bertz CT molecular complexity index is 708. The molecule has 2 aromatic rings. The van der Waals surface area contributed by atoms with Crippen molar-refractivity contribution in [2.45, 2.75) is 57.6 Å². The molecular formula is C23H30FNO. The van der Waals surface area contributed by atoms with Gasteiger partial charge in [-0.2, -0.15) is 0 Å². The maximum absolute atomic E-state index is 13.0. The minimum absolute atomic E-state index is 0.0971. The molecule has 0 aromatic heterocycles. The van der Waals surface area contributed by atoms with Gasteiger partial charge in [0.15, 0.2) is 0 Å². The summed E-state index contributed by atoms with van der Waals surface area (Å²) in [5, 5.41) is 3.54. The van der Waals surface area contributed by atoms with Gasteiger partial charge in [0.05, 0.1) is 5.60 Å². The Morgan fingerprint density at radius 2 is 1.73 bits per heavy atom. The molecule has 1 heterocycles. The molecule has 0 saturated carbocycles. The van der Waals surface area contributed by atoms with Crippen LogP contribution in [0.25, 0.3) is 0 Å². The van der Waals surface area contributed by atoms with Crippen molar-refractivity contribution in [3.05, 3.63) is 71.0 Å². The standard InChI is InChI=1S/C23H30FNO/c1-18-4-8-20(9-5-18)23(13-15-26-22(2,3)17-23)12-14-25-16-19-6-10-21(24)11-7-19/h4-11,25H,12-17H2,1-3H3. The molecule has 1 fully saturated rings. The van der Waals surface area contributed by atoms with Gasteiger partial charge in [-0.25, -0.2) is 4.39 Å². The molecule has 3 heteroatoms. The number of aryl methyl sites for hydroxylation is 1. The molecule has 0 spiro atoms. The molecule has 2 aromatic carbocycles. The van der Waals surface area contributed by atoms with Gasteiger partial charge in [-0.15, -0.1) is 0 Å². The van der Waals surface area contributed by atoms with E-state index in [0.29, 0.717) is 0 Å². The Kier molecular flexibility index (Phi) is 5.79. The van der Waals surface area contributed by atoms with Gasteiger partial charge in [0.2, 0.25) is 0 Å². The fourth-order valence-electron chi connectivity index (χ4n) is 4.15. The first-order valence-electron chi connectivity index (χ1n) is 9.55. The van der Waals surface area contributed by atoms with E-state index in [-0.39, 0.29) is 16.8 Å². The van der Waals surface area contributed by atoms with E-state index in [1.165, 1.54) is 23.3 Å². The predicted octanol–water partition coefficient (Wildman–Crippen LogP) is 5.14. The van der Waals surface area contributed by atoms with E-state index in [9.17, 15) is 4.39 Å². The van der Waals surface area contributed by atoms with Crippen molar-refractivity contribution in [3.8, 4) is 0 Å². The molecule has 1 aliphatic heterocycles. The second kappa shape index (κ2) is 7.89. The minimum Gasteiger partial charge on any atom is -0.376 e. The highest BCUT2D eigenvalue weighted by atomic mass is 19.1. The second-order valence-corrected chi connectivity index (χ2v) is 8.23. The summed E-state index contributed by atoms with van der Waals surface area (Å²) in [5.41, 5.74) is 3.88. The van der Waals surface area contributed by atoms with Gasteiger partial charge in [0.25, 0.3) is 0 Å². The van der Waals surface area contributed by atoms with Crippen molar-refractivity contribution >= 4 is 0 Å². The van der Waals surface area contributed by atoms with Crippen LogP contribution in [0.4, 0.5) is 4.39 Å². The number of hydrogen-bond donors (Lipinski definition) is 1. The molecule has 1 aliphatic rings. The molecular weight excluding hydrogens is 325 g/mol. The third-order valence-corrected chi connectivity index (χ3v) is 5.52. The molecule has 0 aliphatic carbocycles. The number of ether oxygens (including phenoxy) is 1. The summed E-state index contributed by atoms with van der Waals surface area (Å²) < 4.78 is 19.0. The van der Waals surface area contributed by atoms with Crippen LogP contribution in [0.2, 0.25) is 0 Å². The van der Waals surface area contributed by atoms with Crippen LogP contribution >= 0.6 is 0 Å². The van der Waals surface area contributed by atoms with Gasteiger partial charge in [0.1, 0.15) is 5.82 Å². The zero-order chi connectivity index (χ0) is 18.6. The number of benzene rings is 2. The topological polar surface area (TPSA) is 21.3 Å². The van der Waals surface area contributed by atoms with Crippen LogP contribution in [-0.2, 0) is 16.7 Å². The van der Waals surface area contributed by atoms with Crippen LogP contribution in [0.1, 0.15) is 49.8 Å². The third-order valence-electron chi connectivity index (χ3n) is 5.52. The SMILES string of the molecule is Cc1ccc(C2(CCNCc3ccc(F)cc3)CCOC(C)(C)C2)cc1. The molecule has 2 nitrogen and oxygen atoms in total. The monoisotopic (exact) mass is 355 g/mol. The summed E-state index contributed by atoms with van der Waals surface area (Å²) >= 11 is 0. The van der Waals surface area contributed by atoms with E-state index < -0.39 is 0 Å². The fraction of sp³-hybridized carbons (Fsp3) is 0.478. The molecule has 3 rings (SSSR count). The van der Waals surface area contributed by atoms with E-state index in [0.717, 1.165) is 44.5 Å². The van der Waals surface area contributed by atoms with Crippen LogP contribution < -0.4 is 5.32 Å². The lowest BCUT2D eigenvalue weighted by Crippen LogP contribution is -2.45. The van der Waals surface area contributed by atoms with Gasteiger partial charge in [-0.1, -0.05) is 42.0 Å². The first kappa shape index (κ1) is 19.1. The summed E-state index contributed by atoms with van der Waals surface area (Å²) in [6, 6.07) is 15.7. The number of nitrogens with one attached hydrogen (secondary N) is 1. The highest BCUT2D eigenvalue weighted by Gasteiger charge is 2.41. The summed E-state index contributed by atoms with van der Waals surface area (Å²) in [6.07, 6.45) is 3.16. The minimum atomic E-state index is -0.184. The number of halogens is 1. The van der Waals surface area contributed by atoms with Gasteiger partial charge < -0.3 is 10.1 Å². The normalized spacial score (nSPS) is 22.3. The van der Waals surface area contributed by atoms with Crippen LogP contribution in [0.3, 0.4) is 0 Å². The maximum Gasteiger partial charge on any atom is 0.123 e. The molecule has 0 bridgehead atoms. The molecule has 0 radical (unpaired) electrons. The van der Waals surface area contributed by atoms with Gasteiger partial charge in [-0.3, -0.25) is 0 Å². The summed E-state index contributed by atoms with van der Waals surface area (Å²) in [4.78, 5) is 0. The maximum atomic E-state index is 13.0. The van der Waals surface area contributed by atoms with E-state index >= 15 is 0 Å². The van der Waals surface area contributed by atoms with Crippen molar-refractivity contribution in [3.63, 3.8) is 0 Å². The quantitative estimate of drug-likeness (QED) is 0.724. The van der Waals surface area contributed by atoms with E-state index in [1.807, 2.05) is 12.1 Å². The van der Waals surface area contributed by atoms with E-state index in [2.05, 4.69) is 50.4 Å². The smallest absolute Gasteiger partial charge is 0.123 e. The van der Waals surface area contributed by atoms with Crippen LogP contribution in [0, 0.1) is 12.7 Å². The zero-order valence-corrected chi connectivity index (χ0v) is 16.1. The predicted molar refractivity (Wildman–Crippen MR) is 105 cm³/mol. The lowest BCUT2D eigenvalue weighted by atomic mass is 9.67. The van der Waals surface area contributed by atoms with Crippen molar-refractivity contribution in [2.24, 2.45) is 0 Å². The Balaban J connectivity index is 1.68. The first-order chi connectivity index (χ1) is 12.4. The van der Waals surface area contributed by atoms with E-state index in [4.69, 9.17) is 4.74 Å². The van der Waals surface area contributed by atoms with Gasteiger partial charge in [0, 0.05) is 18.6 Å². The van der Waals surface area contributed by atoms with Crippen LogP contribution in [0.15, 0.2) is 48.5 Å². The van der Waals surface area contributed by atoms with Crippen molar-refractivity contribution in [1.82, 2.24) is 5.32 Å². The highest BCUT2D eigenvalue weighted by Crippen LogP contribution is 2.43. The molecule has 26 heavy (non-hydrogen) atoms. The Morgan fingerprint density at radius 1 is 1.04 bits per heavy atom. The largest absolute Gasteiger partial charge is 0.376 e. The number of hydrogen-bond acceptors (Lipinski definition) is 2. The summed E-state index contributed by atoms with van der Waals surface area (Å²) in [6.45, 7) is 9.03. The highest BCUT2D eigenvalue weighted by molar-refractivity contribution is 5.30. The zero-order valence-electron chi connectivity index (χ0n) is 16.1. The lowest BCUT2D eigenvalue weighted by Gasteiger charge is -2.45. The third kappa shape index (κ3) is 4.72. The van der Waals surface area contributed by atoms with E-state index in [1.54, 1.807) is 0 Å². The number of rotatable bonds is 6. The Labute approximate surface area is 156 Å².